The van der Waals surface area contributed by atoms with E-state index in [9.17, 15) is 9.59 Å². The maximum atomic E-state index is 12.9. The predicted molar refractivity (Wildman–Crippen MR) is 107 cm³/mol. The molecule has 0 spiro atoms. The molecule has 3 N–H and O–H groups in total. The van der Waals surface area contributed by atoms with Gasteiger partial charge in [-0.15, -0.1) is 11.8 Å². The van der Waals surface area contributed by atoms with Crippen LogP contribution in [0.4, 0.5) is 10.5 Å². The molecule has 2 aromatic carbocycles. The smallest absolute Gasteiger partial charge is 0.319 e. The molecule has 140 valence electrons. The molecule has 0 unspecified atom stereocenters. The van der Waals surface area contributed by atoms with Crippen LogP contribution in [0, 0.1) is 5.92 Å². The number of hydrogen-bond donors (Lipinski definition) is 3. The molecular formula is C20H21N3O3S. The lowest BCUT2D eigenvalue weighted by atomic mass is 9.88. The number of amides is 3. The van der Waals surface area contributed by atoms with E-state index in [1.165, 1.54) is 0 Å². The average Bonchev–Trinajstić information content (AvgIpc) is 2.68. The van der Waals surface area contributed by atoms with E-state index < -0.39 is 12.0 Å². The minimum absolute atomic E-state index is 0.253. The highest BCUT2D eigenvalue weighted by molar-refractivity contribution is 7.98. The first-order valence-electron chi connectivity index (χ1n) is 8.37. The number of ether oxygens (including phenoxy) is 1. The van der Waals surface area contributed by atoms with Crippen molar-refractivity contribution < 1.29 is 14.3 Å². The summed E-state index contributed by atoms with van der Waals surface area (Å²) < 4.78 is 5.13. The number of carbonyl (C=O) groups excluding carboxylic acids is 2. The van der Waals surface area contributed by atoms with E-state index in [1.807, 2.05) is 30.5 Å². The number of urea groups is 1. The van der Waals surface area contributed by atoms with E-state index in [4.69, 9.17) is 4.74 Å². The molecule has 3 rings (SSSR count). The van der Waals surface area contributed by atoms with Gasteiger partial charge in [-0.2, -0.15) is 0 Å². The molecule has 0 radical (unpaired) electrons. The largest absolute Gasteiger partial charge is 0.497 e. The second-order valence-corrected chi connectivity index (χ2v) is 6.95. The van der Waals surface area contributed by atoms with Crippen molar-refractivity contribution in [1.29, 1.82) is 0 Å². The monoisotopic (exact) mass is 383 g/mol. The number of anilines is 1. The maximum Gasteiger partial charge on any atom is 0.319 e. The number of hydrogen-bond acceptors (Lipinski definition) is 4. The van der Waals surface area contributed by atoms with Crippen molar-refractivity contribution in [2.45, 2.75) is 10.9 Å². The molecule has 1 aliphatic heterocycles. The summed E-state index contributed by atoms with van der Waals surface area (Å²) >= 11 is 1.63. The van der Waals surface area contributed by atoms with Crippen molar-refractivity contribution in [3.05, 3.63) is 66.4 Å². The first kappa shape index (κ1) is 18.8. The van der Waals surface area contributed by atoms with Crippen LogP contribution in [0.1, 0.15) is 11.6 Å². The normalized spacial score (nSPS) is 19.0. The first-order valence-corrected chi connectivity index (χ1v) is 9.59. The van der Waals surface area contributed by atoms with E-state index in [1.54, 1.807) is 43.1 Å². The van der Waals surface area contributed by atoms with Gasteiger partial charge < -0.3 is 20.7 Å². The summed E-state index contributed by atoms with van der Waals surface area (Å²) in [4.78, 5) is 26.0. The Hall–Kier alpha value is -2.93. The molecule has 0 aliphatic carbocycles. The van der Waals surface area contributed by atoms with Crippen LogP contribution in [0.15, 0.2) is 65.7 Å². The summed E-state index contributed by atoms with van der Waals surface area (Å²) in [5.41, 5.74) is 1.85. The second kappa shape index (κ2) is 8.18. The Morgan fingerprint density at radius 2 is 1.81 bits per heavy atom. The topological polar surface area (TPSA) is 79.5 Å². The number of thioether (sulfide) groups is 1. The van der Waals surface area contributed by atoms with Crippen molar-refractivity contribution in [3.8, 4) is 5.75 Å². The quantitative estimate of drug-likeness (QED) is 0.690. The SMILES string of the molecule is C=C1NC(=O)N[C@@H](c2ccc(SC)cc2)[C@@H]1C(=O)Nc1ccc(OC)cc1. The molecule has 0 saturated carbocycles. The number of rotatable bonds is 5. The average molecular weight is 383 g/mol. The van der Waals surface area contributed by atoms with Gasteiger partial charge in [-0.1, -0.05) is 18.7 Å². The van der Waals surface area contributed by atoms with Crippen molar-refractivity contribution in [2.75, 3.05) is 18.7 Å². The molecule has 7 heteroatoms. The maximum absolute atomic E-state index is 12.9. The number of carbonyl (C=O) groups is 2. The van der Waals surface area contributed by atoms with Crippen LogP contribution in [0.2, 0.25) is 0 Å². The number of nitrogens with one attached hydrogen (secondary N) is 3. The Labute approximate surface area is 162 Å². The van der Waals surface area contributed by atoms with Gasteiger partial charge in [-0.3, -0.25) is 4.79 Å². The highest BCUT2D eigenvalue weighted by Crippen LogP contribution is 2.31. The van der Waals surface area contributed by atoms with Crippen LogP contribution in [0.25, 0.3) is 0 Å². The fourth-order valence-electron chi connectivity index (χ4n) is 2.98. The number of benzene rings is 2. The van der Waals surface area contributed by atoms with Crippen LogP contribution in [-0.4, -0.2) is 25.3 Å². The second-order valence-electron chi connectivity index (χ2n) is 6.07. The van der Waals surface area contributed by atoms with Gasteiger partial charge in [0.05, 0.1) is 13.2 Å². The summed E-state index contributed by atoms with van der Waals surface area (Å²) in [5.74, 6) is -0.197. The van der Waals surface area contributed by atoms with Gasteiger partial charge in [-0.25, -0.2) is 4.79 Å². The van der Waals surface area contributed by atoms with Crippen LogP contribution >= 0.6 is 11.8 Å². The fraction of sp³-hybridized carbons (Fsp3) is 0.200. The highest BCUT2D eigenvalue weighted by Gasteiger charge is 2.37. The van der Waals surface area contributed by atoms with E-state index in [0.717, 1.165) is 10.5 Å². The van der Waals surface area contributed by atoms with Crippen molar-refractivity contribution in [3.63, 3.8) is 0 Å². The zero-order valence-electron chi connectivity index (χ0n) is 15.1. The minimum Gasteiger partial charge on any atom is -0.497 e. The molecule has 3 amide bonds. The van der Waals surface area contributed by atoms with Gasteiger partial charge in [0.1, 0.15) is 11.7 Å². The van der Waals surface area contributed by atoms with E-state index in [-0.39, 0.29) is 11.9 Å². The van der Waals surface area contributed by atoms with Crippen molar-refractivity contribution in [1.82, 2.24) is 10.6 Å². The molecule has 27 heavy (non-hydrogen) atoms. The molecule has 1 saturated heterocycles. The molecule has 6 nitrogen and oxygen atoms in total. The lowest BCUT2D eigenvalue weighted by Crippen LogP contribution is -2.51. The predicted octanol–water partition coefficient (Wildman–Crippen LogP) is 3.54. The van der Waals surface area contributed by atoms with Gasteiger partial charge in [0.25, 0.3) is 0 Å². The molecule has 1 heterocycles. The molecule has 0 aromatic heterocycles. The van der Waals surface area contributed by atoms with Crippen LogP contribution in [0.5, 0.6) is 5.75 Å². The lowest BCUT2D eigenvalue weighted by molar-refractivity contribution is -0.119. The standard InChI is InChI=1S/C20H21N3O3S/c1-12-17(19(24)22-14-6-8-15(26-2)9-7-14)18(23-20(25)21-12)13-4-10-16(27-3)11-5-13/h4-11,17-18H,1H2,2-3H3,(H,22,24)(H2,21,23,25)/t17-,18+/m1/s1. The third kappa shape index (κ3) is 4.25. The molecular weight excluding hydrogens is 362 g/mol. The molecule has 0 bridgehead atoms. The number of methoxy groups -OCH3 is 1. The van der Waals surface area contributed by atoms with E-state index >= 15 is 0 Å². The Bertz CT molecular complexity index is 850. The van der Waals surface area contributed by atoms with Gasteiger partial charge in [0, 0.05) is 16.3 Å². The van der Waals surface area contributed by atoms with Gasteiger partial charge in [-0.05, 0) is 48.2 Å². The third-order valence-electron chi connectivity index (χ3n) is 4.38. The van der Waals surface area contributed by atoms with E-state index in [0.29, 0.717) is 17.1 Å². The lowest BCUT2D eigenvalue weighted by Gasteiger charge is -2.34. The summed E-state index contributed by atoms with van der Waals surface area (Å²) in [5, 5.41) is 8.32. The first-order chi connectivity index (χ1) is 13.0. The Balaban J connectivity index is 1.84. The van der Waals surface area contributed by atoms with Gasteiger partial charge >= 0.3 is 6.03 Å². The summed E-state index contributed by atoms with van der Waals surface area (Å²) in [6, 6.07) is 14.0. The van der Waals surface area contributed by atoms with Crippen LogP contribution in [0.3, 0.4) is 0 Å². The molecule has 2 atom stereocenters. The molecule has 1 aliphatic rings. The molecule has 2 aromatic rings. The molecule has 1 fully saturated rings. The third-order valence-corrected chi connectivity index (χ3v) is 5.13. The zero-order chi connectivity index (χ0) is 19.4. The Kier molecular flexibility index (Phi) is 5.71. The van der Waals surface area contributed by atoms with Gasteiger partial charge in [0.2, 0.25) is 5.91 Å². The Morgan fingerprint density at radius 1 is 1.15 bits per heavy atom. The summed E-state index contributed by atoms with van der Waals surface area (Å²) in [7, 11) is 1.58. The minimum atomic E-state index is -0.648. The zero-order valence-corrected chi connectivity index (χ0v) is 15.9. The Morgan fingerprint density at radius 3 is 2.41 bits per heavy atom. The van der Waals surface area contributed by atoms with Crippen LogP contribution < -0.4 is 20.7 Å². The van der Waals surface area contributed by atoms with Crippen molar-refractivity contribution in [2.24, 2.45) is 5.92 Å². The van der Waals surface area contributed by atoms with E-state index in [2.05, 4.69) is 22.5 Å². The van der Waals surface area contributed by atoms with Crippen molar-refractivity contribution >= 4 is 29.4 Å². The van der Waals surface area contributed by atoms with Gasteiger partial charge in [0.15, 0.2) is 0 Å². The highest BCUT2D eigenvalue weighted by atomic mass is 32.2. The summed E-state index contributed by atoms with van der Waals surface area (Å²) in [6.07, 6.45) is 1.99. The summed E-state index contributed by atoms with van der Waals surface area (Å²) in [6.45, 7) is 3.89. The fourth-order valence-corrected chi connectivity index (χ4v) is 3.38. The van der Waals surface area contributed by atoms with Crippen LogP contribution in [-0.2, 0) is 4.79 Å².